The molecule has 0 aliphatic heterocycles. The summed E-state index contributed by atoms with van der Waals surface area (Å²) in [5.74, 6) is 1.68. The lowest BCUT2D eigenvalue weighted by atomic mass is 10.3. The number of unbranched alkanes of at least 4 members (excludes halogenated alkanes) is 1. The van der Waals surface area contributed by atoms with Crippen molar-refractivity contribution in [3.8, 4) is 11.5 Å². The van der Waals surface area contributed by atoms with Gasteiger partial charge in [0, 0.05) is 7.05 Å². The molecule has 0 aliphatic rings. The number of pyridine rings is 2. The topological polar surface area (TPSA) is 132 Å². The van der Waals surface area contributed by atoms with Gasteiger partial charge in [-0.1, -0.05) is 0 Å². The number of nitrogens with zero attached hydrogens (tertiary/aromatic N) is 3. The van der Waals surface area contributed by atoms with Gasteiger partial charge in [-0.15, -0.1) is 0 Å². The van der Waals surface area contributed by atoms with Crippen LogP contribution in [0.25, 0.3) is 0 Å². The average Bonchev–Trinajstić information content (AvgIpc) is 2.64. The maximum Gasteiger partial charge on any atom is 0.144 e. The van der Waals surface area contributed by atoms with Crippen LogP contribution in [0.2, 0.25) is 0 Å². The van der Waals surface area contributed by atoms with Crippen LogP contribution in [0.5, 0.6) is 11.5 Å². The summed E-state index contributed by atoms with van der Waals surface area (Å²) in [5, 5.41) is 7.28. The van der Waals surface area contributed by atoms with Crippen LogP contribution < -0.4 is 20.9 Å². The Labute approximate surface area is 146 Å². The zero-order valence-electron chi connectivity index (χ0n) is 14.1. The van der Waals surface area contributed by atoms with Crippen LogP contribution >= 0.6 is 0 Å². The first kappa shape index (κ1) is 18.2. The molecule has 0 saturated heterocycles. The van der Waals surface area contributed by atoms with Crippen molar-refractivity contribution in [2.45, 2.75) is 12.8 Å². The molecule has 0 unspecified atom stereocenters. The highest BCUT2D eigenvalue weighted by atomic mass is 16.5. The van der Waals surface area contributed by atoms with Crippen LogP contribution in [0.4, 0.5) is 0 Å². The van der Waals surface area contributed by atoms with E-state index in [0.29, 0.717) is 41.9 Å². The van der Waals surface area contributed by atoms with Crippen molar-refractivity contribution < 1.29 is 9.47 Å². The summed E-state index contributed by atoms with van der Waals surface area (Å²) in [4.78, 5) is 12.1. The minimum Gasteiger partial charge on any atom is -0.492 e. The second-order valence-electron chi connectivity index (χ2n) is 5.18. The number of amidine groups is 2. The summed E-state index contributed by atoms with van der Waals surface area (Å²) in [7, 11) is 1.62. The van der Waals surface area contributed by atoms with Gasteiger partial charge < -0.3 is 20.9 Å². The third-order valence-corrected chi connectivity index (χ3v) is 3.33. The molecule has 2 heterocycles. The molecule has 0 amide bonds. The third-order valence-electron chi connectivity index (χ3n) is 3.33. The minimum absolute atomic E-state index is 0.0594. The van der Waals surface area contributed by atoms with E-state index in [9.17, 15) is 0 Å². The SMILES string of the molecule is CN=C(N)c1ccc(OCCCCOc2ccc(C(=N)N)nc2)cn1. The van der Waals surface area contributed by atoms with Gasteiger partial charge in [0.2, 0.25) is 0 Å². The summed E-state index contributed by atoms with van der Waals surface area (Å²) < 4.78 is 11.2. The minimum atomic E-state index is -0.0594. The molecular weight excluding hydrogens is 320 g/mol. The van der Waals surface area contributed by atoms with E-state index in [2.05, 4.69) is 15.0 Å². The maximum atomic E-state index is 7.28. The van der Waals surface area contributed by atoms with Gasteiger partial charge in [0.05, 0.1) is 25.6 Å². The predicted octanol–water partition coefficient (Wildman–Crippen LogP) is 1.33. The van der Waals surface area contributed by atoms with Crippen molar-refractivity contribution in [1.29, 1.82) is 5.41 Å². The molecule has 2 aromatic rings. The summed E-state index contributed by atoms with van der Waals surface area (Å²) in [6.45, 7) is 1.13. The molecule has 5 N–H and O–H groups in total. The second-order valence-corrected chi connectivity index (χ2v) is 5.18. The summed E-state index contributed by atoms with van der Waals surface area (Å²) in [6.07, 6.45) is 4.88. The van der Waals surface area contributed by atoms with Gasteiger partial charge in [-0.25, -0.2) is 9.97 Å². The molecule has 2 rings (SSSR count). The molecule has 0 radical (unpaired) electrons. The van der Waals surface area contributed by atoms with Crippen molar-refractivity contribution in [2.24, 2.45) is 16.5 Å². The first-order chi connectivity index (χ1) is 12.1. The largest absolute Gasteiger partial charge is 0.492 e. The number of aliphatic imine (C=N–C) groups is 1. The van der Waals surface area contributed by atoms with Crippen molar-refractivity contribution in [2.75, 3.05) is 20.3 Å². The van der Waals surface area contributed by atoms with Gasteiger partial charge in [-0.05, 0) is 37.1 Å². The average molecular weight is 342 g/mol. The van der Waals surface area contributed by atoms with Crippen LogP contribution in [0, 0.1) is 5.41 Å². The number of nitrogens with two attached hydrogens (primary N) is 2. The summed E-state index contributed by atoms with van der Waals surface area (Å²) in [6, 6.07) is 7.00. The predicted molar refractivity (Wildman–Crippen MR) is 96.4 cm³/mol. The van der Waals surface area contributed by atoms with Gasteiger partial charge in [-0.3, -0.25) is 10.4 Å². The summed E-state index contributed by atoms with van der Waals surface area (Å²) in [5.41, 5.74) is 12.1. The van der Waals surface area contributed by atoms with E-state index in [1.54, 1.807) is 37.6 Å². The van der Waals surface area contributed by atoms with E-state index in [4.69, 9.17) is 26.4 Å². The van der Waals surface area contributed by atoms with E-state index in [1.807, 2.05) is 6.07 Å². The number of hydrogen-bond donors (Lipinski definition) is 3. The third kappa shape index (κ3) is 5.76. The fraction of sp³-hybridized carbons (Fsp3) is 0.294. The quantitative estimate of drug-likeness (QED) is 0.358. The molecule has 8 nitrogen and oxygen atoms in total. The van der Waals surface area contributed by atoms with Crippen molar-refractivity contribution in [1.82, 2.24) is 9.97 Å². The van der Waals surface area contributed by atoms with E-state index in [-0.39, 0.29) is 5.84 Å². The van der Waals surface area contributed by atoms with Crippen LogP contribution in [-0.2, 0) is 0 Å². The molecule has 0 atom stereocenters. The molecule has 25 heavy (non-hydrogen) atoms. The molecule has 132 valence electrons. The van der Waals surface area contributed by atoms with E-state index in [1.165, 1.54) is 0 Å². The van der Waals surface area contributed by atoms with Gasteiger partial charge in [0.1, 0.15) is 34.6 Å². The monoisotopic (exact) mass is 342 g/mol. The lowest BCUT2D eigenvalue weighted by Crippen LogP contribution is -2.14. The Kier molecular flexibility index (Phi) is 6.70. The Morgan fingerprint density at radius 1 is 0.960 bits per heavy atom. The molecule has 0 fully saturated rings. The highest BCUT2D eigenvalue weighted by Crippen LogP contribution is 2.11. The molecule has 0 spiro atoms. The Morgan fingerprint density at radius 2 is 1.48 bits per heavy atom. The lowest BCUT2D eigenvalue weighted by molar-refractivity contribution is 0.265. The van der Waals surface area contributed by atoms with E-state index < -0.39 is 0 Å². The smallest absolute Gasteiger partial charge is 0.144 e. The first-order valence-electron chi connectivity index (χ1n) is 7.85. The number of aromatic nitrogens is 2. The zero-order chi connectivity index (χ0) is 18.1. The molecule has 8 heteroatoms. The second kappa shape index (κ2) is 9.21. The molecular formula is C17H22N6O2. The van der Waals surface area contributed by atoms with Gasteiger partial charge in [0.15, 0.2) is 0 Å². The highest BCUT2D eigenvalue weighted by Gasteiger charge is 2.01. The number of ether oxygens (including phenoxy) is 2. The molecule has 0 bridgehead atoms. The Bertz CT molecular complexity index is 713. The van der Waals surface area contributed by atoms with Crippen LogP contribution in [0.3, 0.4) is 0 Å². The number of rotatable bonds is 9. The highest BCUT2D eigenvalue weighted by molar-refractivity contribution is 5.95. The maximum absolute atomic E-state index is 7.28. The molecule has 0 aromatic carbocycles. The Hall–Kier alpha value is -3.16. The number of hydrogen-bond acceptors (Lipinski definition) is 6. The van der Waals surface area contributed by atoms with E-state index in [0.717, 1.165) is 12.8 Å². The zero-order valence-corrected chi connectivity index (χ0v) is 14.1. The van der Waals surface area contributed by atoms with Crippen molar-refractivity contribution >= 4 is 11.7 Å². The molecule has 0 aliphatic carbocycles. The van der Waals surface area contributed by atoms with Gasteiger partial charge in [0.25, 0.3) is 0 Å². The fourth-order valence-corrected chi connectivity index (χ4v) is 1.94. The first-order valence-corrected chi connectivity index (χ1v) is 7.85. The molecule has 0 saturated carbocycles. The van der Waals surface area contributed by atoms with Crippen LogP contribution in [0.15, 0.2) is 41.7 Å². The Morgan fingerprint density at radius 3 is 1.88 bits per heavy atom. The van der Waals surface area contributed by atoms with Crippen LogP contribution in [-0.4, -0.2) is 41.9 Å². The molecule has 2 aromatic heterocycles. The van der Waals surface area contributed by atoms with Gasteiger partial charge in [-0.2, -0.15) is 0 Å². The fourth-order valence-electron chi connectivity index (χ4n) is 1.94. The summed E-state index contributed by atoms with van der Waals surface area (Å²) >= 11 is 0. The van der Waals surface area contributed by atoms with Gasteiger partial charge >= 0.3 is 0 Å². The Balaban J connectivity index is 1.64. The lowest BCUT2D eigenvalue weighted by Gasteiger charge is -2.08. The standard InChI is InChI=1S/C17H22N6O2/c1-21-17(20)15-7-5-13(11-23-15)25-9-3-2-8-24-12-4-6-14(16(18)19)22-10-12/h4-7,10-11H,2-3,8-9H2,1H3,(H3,18,19)(H2,20,21). The van der Waals surface area contributed by atoms with E-state index >= 15 is 0 Å². The normalized spacial score (nSPS) is 11.2. The van der Waals surface area contributed by atoms with Crippen molar-refractivity contribution in [3.63, 3.8) is 0 Å². The number of nitrogen functional groups attached to an aromatic ring is 1. The number of nitrogens with one attached hydrogen (secondary N) is 1. The van der Waals surface area contributed by atoms with Crippen molar-refractivity contribution in [3.05, 3.63) is 48.0 Å². The van der Waals surface area contributed by atoms with Crippen LogP contribution in [0.1, 0.15) is 24.2 Å².